The molecular formula is C7H5Cl2NO4. The largest absolute Gasteiger partial charge is 0.504 e. The van der Waals surface area contributed by atoms with Crippen LogP contribution in [0.15, 0.2) is 4.79 Å². The number of rotatable bonds is 1. The summed E-state index contributed by atoms with van der Waals surface area (Å²) in [5, 5.41) is 8.56. The van der Waals surface area contributed by atoms with Crippen molar-refractivity contribution in [1.29, 1.82) is 0 Å². The van der Waals surface area contributed by atoms with Crippen molar-refractivity contribution in [2.75, 3.05) is 7.11 Å². The van der Waals surface area contributed by atoms with Gasteiger partial charge in [0, 0.05) is 0 Å². The molecular weight excluding hydrogens is 233 g/mol. The summed E-state index contributed by atoms with van der Waals surface area (Å²) in [5.74, 6) is -1.51. The van der Waals surface area contributed by atoms with Gasteiger partial charge in [-0.2, -0.15) is 0 Å². The van der Waals surface area contributed by atoms with Crippen LogP contribution in [0.3, 0.4) is 0 Å². The van der Waals surface area contributed by atoms with E-state index >= 15 is 0 Å². The van der Waals surface area contributed by atoms with E-state index in [0.29, 0.717) is 0 Å². The minimum atomic E-state index is -0.904. The molecule has 0 amide bonds. The van der Waals surface area contributed by atoms with Crippen LogP contribution in [0.5, 0.6) is 5.75 Å². The Hall–Kier alpha value is -1.20. The lowest BCUT2D eigenvalue weighted by molar-refractivity contribution is 0.0590. The molecule has 2 N–H and O–H groups in total. The first-order valence-corrected chi connectivity index (χ1v) is 4.13. The molecule has 1 heterocycles. The highest BCUT2D eigenvalue weighted by Crippen LogP contribution is 2.30. The number of ether oxygens (including phenoxy) is 1. The number of hydrogen-bond acceptors (Lipinski definition) is 4. The van der Waals surface area contributed by atoms with E-state index in [0.717, 1.165) is 7.11 Å². The standard InChI is InChI=1S/C7H5Cl2NO4/c1-14-7(13)4-5(11)2(8)3(9)6(12)10-4/h11H,1H3,(H,10,12). The van der Waals surface area contributed by atoms with E-state index in [1.165, 1.54) is 0 Å². The summed E-state index contributed by atoms with van der Waals surface area (Å²) in [6.07, 6.45) is 0. The monoisotopic (exact) mass is 237 g/mol. The lowest BCUT2D eigenvalue weighted by Crippen LogP contribution is -2.15. The third-order valence-electron chi connectivity index (χ3n) is 1.46. The van der Waals surface area contributed by atoms with Crippen LogP contribution in [-0.4, -0.2) is 23.2 Å². The van der Waals surface area contributed by atoms with Gasteiger partial charge >= 0.3 is 5.97 Å². The highest BCUT2D eigenvalue weighted by Gasteiger charge is 2.19. The number of carbonyl (C=O) groups is 1. The maximum absolute atomic E-state index is 11.0. The first-order chi connectivity index (χ1) is 6.49. The van der Waals surface area contributed by atoms with Crippen LogP contribution in [0, 0.1) is 0 Å². The van der Waals surface area contributed by atoms with Gasteiger partial charge in [-0.1, -0.05) is 23.2 Å². The zero-order valence-electron chi connectivity index (χ0n) is 6.93. The average Bonchev–Trinajstić information content (AvgIpc) is 2.19. The van der Waals surface area contributed by atoms with Crippen molar-refractivity contribution in [3.8, 4) is 5.75 Å². The molecule has 0 unspecified atom stereocenters. The van der Waals surface area contributed by atoms with E-state index in [2.05, 4.69) is 4.74 Å². The van der Waals surface area contributed by atoms with Gasteiger partial charge in [-0.3, -0.25) is 4.79 Å². The van der Waals surface area contributed by atoms with Gasteiger partial charge in [-0.25, -0.2) is 4.79 Å². The van der Waals surface area contributed by atoms with Crippen LogP contribution in [0.4, 0.5) is 0 Å². The van der Waals surface area contributed by atoms with Gasteiger partial charge in [-0.15, -0.1) is 0 Å². The molecule has 1 aromatic rings. The summed E-state index contributed by atoms with van der Waals surface area (Å²) < 4.78 is 4.30. The zero-order chi connectivity index (χ0) is 10.9. The van der Waals surface area contributed by atoms with Crippen molar-refractivity contribution in [2.45, 2.75) is 0 Å². The van der Waals surface area contributed by atoms with Crippen LogP contribution < -0.4 is 5.56 Å². The highest BCUT2D eigenvalue weighted by atomic mass is 35.5. The number of esters is 1. The number of aromatic amines is 1. The number of aromatic hydroxyl groups is 1. The fourth-order valence-corrected chi connectivity index (χ4v) is 1.11. The summed E-state index contributed by atoms with van der Waals surface area (Å²) in [7, 11) is 1.10. The minimum Gasteiger partial charge on any atom is -0.504 e. The number of methoxy groups -OCH3 is 1. The normalized spacial score (nSPS) is 9.93. The van der Waals surface area contributed by atoms with Crippen LogP contribution in [0.1, 0.15) is 10.5 Å². The topological polar surface area (TPSA) is 79.4 Å². The highest BCUT2D eigenvalue weighted by molar-refractivity contribution is 6.43. The molecule has 0 bridgehead atoms. The summed E-state index contributed by atoms with van der Waals surface area (Å²) >= 11 is 10.9. The van der Waals surface area contributed by atoms with Gasteiger partial charge in [0.25, 0.3) is 5.56 Å². The number of halogens is 2. The number of carbonyl (C=O) groups excluding carboxylic acids is 1. The Bertz CT molecular complexity index is 440. The number of aromatic nitrogens is 1. The molecule has 0 atom stereocenters. The van der Waals surface area contributed by atoms with Gasteiger partial charge in [-0.05, 0) is 0 Å². The zero-order valence-corrected chi connectivity index (χ0v) is 8.44. The molecule has 7 heteroatoms. The van der Waals surface area contributed by atoms with Gasteiger partial charge in [0.15, 0.2) is 11.4 Å². The van der Waals surface area contributed by atoms with E-state index < -0.39 is 23.0 Å². The van der Waals surface area contributed by atoms with Crippen LogP contribution >= 0.6 is 23.2 Å². The Kier molecular flexibility index (Phi) is 3.03. The van der Waals surface area contributed by atoms with Gasteiger partial charge in [0.2, 0.25) is 0 Å². The first-order valence-electron chi connectivity index (χ1n) is 3.37. The maximum Gasteiger partial charge on any atom is 0.358 e. The molecule has 0 aromatic carbocycles. The Morgan fingerprint density at radius 1 is 1.43 bits per heavy atom. The third-order valence-corrected chi connectivity index (χ3v) is 2.29. The van der Waals surface area contributed by atoms with E-state index in [1.54, 1.807) is 0 Å². The second kappa shape index (κ2) is 3.89. The molecule has 1 aromatic heterocycles. The lowest BCUT2D eigenvalue weighted by atomic mass is 10.3. The summed E-state index contributed by atoms with van der Waals surface area (Å²) in [4.78, 5) is 24.1. The molecule has 5 nitrogen and oxygen atoms in total. The average molecular weight is 238 g/mol. The molecule has 0 aliphatic rings. The molecule has 0 fully saturated rings. The molecule has 0 spiro atoms. The first kappa shape index (κ1) is 10.9. The number of pyridine rings is 1. The van der Waals surface area contributed by atoms with Crippen molar-refractivity contribution >= 4 is 29.2 Å². The van der Waals surface area contributed by atoms with E-state index in [9.17, 15) is 14.7 Å². The molecule has 0 saturated heterocycles. The maximum atomic E-state index is 11.0. The van der Waals surface area contributed by atoms with Crippen molar-refractivity contribution < 1.29 is 14.6 Å². The molecule has 0 radical (unpaired) electrons. The smallest absolute Gasteiger partial charge is 0.358 e. The van der Waals surface area contributed by atoms with Crippen LogP contribution in [-0.2, 0) is 4.74 Å². The molecule has 0 saturated carbocycles. The summed E-state index contributed by atoms with van der Waals surface area (Å²) in [6.45, 7) is 0. The van der Waals surface area contributed by atoms with Crippen molar-refractivity contribution in [3.05, 3.63) is 26.1 Å². The predicted octanol–water partition coefficient (Wildman–Crippen LogP) is 1.17. The molecule has 76 valence electrons. The Labute approximate surface area is 88.2 Å². The molecule has 1 rings (SSSR count). The SMILES string of the molecule is COC(=O)c1[nH]c(=O)c(Cl)c(Cl)c1O. The summed E-state index contributed by atoms with van der Waals surface area (Å²) in [5.41, 5.74) is -1.19. The van der Waals surface area contributed by atoms with Gasteiger partial charge < -0.3 is 14.8 Å². The van der Waals surface area contributed by atoms with Crippen molar-refractivity contribution in [2.24, 2.45) is 0 Å². The van der Waals surface area contributed by atoms with Crippen LogP contribution in [0.2, 0.25) is 10.0 Å². The second-order valence-electron chi connectivity index (χ2n) is 2.30. The quantitative estimate of drug-likeness (QED) is 0.719. The van der Waals surface area contributed by atoms with E-state index in [-0.39, 0.29) is 10.0 Å². The third kappa shape index (κ3) is 1.69. The molecule has 0 aliphatic carbocycles. The Morgan fingerprint density at radius 3 is 2.50 bits per heavy atom. The van der Waals surface area contributed by atoms with E-state index in [1.807, 2.05) is 4.98 Å². The fourth-order valence-electron chi connectivity index (χ4n) is 0.791. The Balaban J connectivity index is 3.48. The second-order valence-corrected chi connectivity index (χ2v) is 3.05. The molecule has 14 heavy (non-hydrogen) atoms. The van der Waals surface area contributed by atoms with E-state index in [4.69, 9.17) is 23.2 Å². The number of nitrogens with one attached hydrogen (secondary N) is 1. The van der Waals surface area contributed by atoms with Gasteiger partial charge in [0.1, 0.15) is 10.0 Å². The van der Waals surface area contributed by atoms with Crippen molar-refractivity contribution in [3.63, 3.8) is 0 Å². The number of hydrogen-bond donors (Lipinski definition) is 2. The minimum absolute atomic E-state index is 0.378. The lowest BCUT2D eigenvalue weighted by Gasteiger charge is -2.04. The summed E-state index contributed by atoms with van der Waals surface area (Å²) in [6, 6.07) is 0. The molecule has 0 aliphatic heterocycles. The van der Waals surface area contributed by atoms with Crippen molar-refractivity contribution in [1.82, 2.24) is 4.98 Å². The predicted molar refractivity (Wildman–Crippen MR) is 50.1 cm³/mol. The fraction of sp³-hybridized carbons (Fsp3) is 0.143. The number of H-pyrrole nitrogens is 1. The van der Waals surface area contributed by atoms with Gasteiger partial charge in [0.05, 0.1) is 7.11 Å². The van der Waals surface area contributed by atoms with Crippen LogP contribution in [0.25, 0.3) is 0 Å². The Morgan fingerprint density at radius 2 is 2.00 bits per heavy atom.